The van der Waals surface area contributed by atoms with E-state index in [4.69, 9.17) is 14.9 Å². The highest BCUT2D eigenvalue weighted by Crippen LogP contribution is 2.34. The normalized spacial score (nSPS) is 22.1. The zero-order chi connectivity index (χ0) is 10.1. The number of nitrogens with two attached hydrogens (primary N) is 1. The summed E-state index contributed by atoms with van der Waals surface area (Å²) in [5.74, 6) is 1.17. The number of nitrogens with zero attached hydrogens (tertiary/aromatic N) is 1. The molecule has 2 rings (SSSR count). The second-order valence-electron chi connectivity index (χ2n) is 3.96. The van der Waals surface area contributed by atoms with Gasteiger partial charge in [-0.05, 0) is 12.8 Å². The quantitative estimate of drug-likeness (QED) is 0.787. The molecule has 0 amide bonds. The van der Waals surface area contributed by atoms with Gasteiger partial charge in [0.15, 0.2) is 0 Å². The van der Waals surface area contributed by atoms with E-state index in [0.717, 1.165) is 30.9 Å². The number of anilines is 1. The van der Waals surface area contributed by atoms with Crippen molar-refractivity contribution in [2.75, 3.05) is 12.3 Å². The maximum Gasteiger partial charge on any atom is 0.292 e. The Bertz CT molecular complexity index is 314. The van der Waals surface area contributed by atoms with Crippen LogP contribution in [0.1, 0.15) is 50.2 Å². The van der Waals surface area contributed by atoms with Crippen LogP contribution in [0.25, 0.3) is 0 Å². The van der Waals surface area contributed by atoms with Crippen LogP contribution in [0.2, 0.25) is 0 Å². The fourth-order valence-corrected chi connectivity index (χ4v) is 1.80. The predicted octanol–water partition coefficient (Wildman–Crippen LogP) is 2.23. The molecule has 14 heavy (non-hydrogen) atoms. The average molecular weight is 196 g/mol. The van der Waals surface area contributed by atoms with E-state index in [9.17, 15) is 0 Å². The van der Waals surface area contributed by atoms with Crippen LogP contribution in [0.5, 0.6) is 0 Å². The second kappa shape index (κ2) is 3.61. The van der Waals surface area contributed by atoms with Gasteiger partial charge < -0.3 is 14.9 Å². The molecular formula is C10H16N2O2. The summed E-state index contributed by atoms with van der Waals surface area (Å²) in [5.41, 5.74) is 6.45. The van der Waals surface area contributed by atoms with Crippen molar-refractivity contribution in [2.45, 2.75) is 38.7 Å². The van der Waals surface area contributed by atoms with Gasteiger partial charge in [0.25, 0.3) is 6.01 Å². The Morgan fingerprint density at radius 1 is 1.50 bits per heavy atom. The number of hydrogen-bond donors (Lipinski definition) is 1. The lowest BCUT2D eigenvalue weighted by Gasteiger charge is -2.08. The Kier molecular flexibility index (Phi) is 2.46. The fraction of sp³-hybridized carbons (Fsp3) is 0.700. The van der Waals surface area contributed by atoms with Gasteiger partial charge in [0.1, 0.15) is 17.6 Å². The third-order valence-electron chi connectivity index (χ3n) is 2.46. The smallest absolute Gasteiger partial charge is 0.292 e. The maximum atomic E-state index is 5.57. The molecule has 1 atom stereocenters. The monoisotopic (exact) mass is 196 g/mol. The first kappa shape index (κ1) is 9.52. The van der Waals surface area contributed by atoms with Crippen molar-refractivity contribution in [3.05, 3.63) is 11.5 Å². The Labute approximate surface area is 83.4 Å². The van der Waals surface area contributed by atoms with Crippen LogP contribution in [-0.2, 0) is 4.74 Å². The highest BCUT2D eigenvalue weighted by Gasteiger charge is 2.26. The van der Waals surface area contributed by atoms with Crippen LogP contribution < -0.4 is 5.73 Å². The van der Waals surface area contributed by atoms with Crippen LogP contribution >= 0.6 is 0 Å². The fourth-order valence-electron chi connectivity index (χ4n) is 1.80. The minimum Gasteiger partial charge on any atom is -0.428 e. The lowest BCUT2D eigenvalue weighted by atomic mass is 10.1. The van der Waals surface area contributed by atoms with Crippen LogP contribution in [0.15, 0.2) is 4.42 Å². The average Bonchev–Trinajstić information content (AvgIpc) is 2.70. The first-order valence-corrected chi connectivity index (χ1v) is 5.06. The topological polar surface area (TPSA) is 61.3 Å². The van der Waals surface area contributed by atoms with Gasteiger partial charge >= 0.3 is 0 Å². The summed E-state index contributed by atoms with van der Waals surface area (Å²) in [5, 5.41) is 0. The van der Waals surface area contributed by atoms with Gasteiger partial charge in [0, 0.05) is 12.5 Å². The number of ether oxygens (including phenoxy) is 1. The molecule has 1 saturated heterocycles. The molecule has 0 spiro atoms. The van der Waals surface area contributed by atoms with Gasteiger partial charge in [-0.2, -0.15) is 4.98 Å². The van der Waals surface area contributed by atoms with E-state index >= 15 is 0 Å². The first-order valence-electron chi connectivity index (χ1n) is 5.06. The molecule has 0 bridgehead atoms. The summed E-state index contributed by atoms with van der Waals surface area (Å²) < 4.78 is 10.9. The highest BCUT2D eigenvalue weighted by molar-refractivity contribution is 5.24. The molecule has 0 saturated carbocycles. The Morgan fingerprint density at radius 3 is 2.86 bits per heavy atom. The van der Waals surface area contributed by atoms with E-state index in [-0.39, 0.29) is 12.1 Å². The van der Waals surface area contributed by atoms with Gasteiger partial charge in [0.05, 0.1) is 0 Å². The number of rotatable bonds is 2. The Balaban J connectivity index is 2.30. The Morgan fingerprint density at radius 2 is 2.29 bits per heavy atom. The van der Waals surface area contributed by atoms with E-state index in [0.29, 0.717) is 5.92 Å². The van der Waals surface area contributed by atoms with Gasteiger partial charge in [-0.3, -0.25) is 0 Å². The largest absolute Gasteiger partial charge is 0.428 e. The van der Waals surface area contributed by atoms with Gasteiger partial charge in [-0.25, -0.2) is 0 Å². The molecule has 2 N–H and O–H groups in total. The summed E-state index contributed by atoms with van der Waals surface area (Å²) in [6.07, 6.45) is 2.20. The summed E-state index contributed by atoms with van der Waals surface area (Å²) in [6, 6.07) is 0.249. The van der Waals surface area contributed by atoms with Crippen molar-refractivity contribution in [2.24, 2.45) is 0 Å². The van der Waals surface area contributed by atoms with Crippen molar-refractivity contribution in [3.8, 4) is 0 Å². The van der Waals surface area contributed by atoms with Crippen molar-refractivity contribution >= 4 is 6.01 Å². The van der Waals surface area contributed by atoms with E-state index in [2.05, 4.69) is 18.8 Å². The van der Waals surface area contributed by atoms with Crippen molar-refractivity contribution < 1.29 is 9.15 Å². The van der Waals surface area contributed by atoms with Crippen LogP contribution in [-0.4, -0.2) is 11.6 Å². The van der Waals surface area contributed by atoms with Crippen LogP contribution in [0.4, 0.5) is 6.01 Å². The van der Waals surface area contributed by atoms with Crippen molar-refractivity contribution in [3.63, 3.8) is 0 Å². The summed E-state index contributed by atoms with van der Waals surface area (Å²) in [6.45, 7) is 4.95. The predicted molar refractivity (Wildman–Crippen MR) is 52.9 cm³/mol. The van der Waals surface area contributed by atoms with Crippen molar-refractivity contribution in [1.29, 1.82) is 0 Å². The molecule has 1 aliphatic heterocycles. The minimum absolute atomic E-state index is 0.0912. The summed E-state index contributed by atoms with van der Waals surface area (Å²) in [7, 11) is 0. The number of aromatic nitrogens is 1. The third kappa shape index (κ3) is 1.62. The van der Waals surface area contributed by atoms with E-state index in [1.54, 1.807) is 0 Å². The van der Waals surface area contributed by atoms with Gasteiger partial charge in [-0.15, -0.1) is 0 Å². The van der Waals surface area contributed by atoms with Crippen LogP contribution in [0.3, 0.4) is 0 Å². The Hall–Kier alpha value is -1.03. The van der Waals surface area contributed by atoms with E-state index < -0.39 is 0 Å². The first-order chi connectivity index (χ1) is 6.68. The maximum absolute atomic E-state index is 5.57. The molecule has 1 unspecified atom stereocenters. The SMILES string of the molecule is CC(C)c1oc(N)nc1C1CCCO1. The standard InChI is InChI=1S/C10H16N2O2/c1-6(2)9-8(12-10(11)14-9)7-4-3-5-13-7/h6-7H,3-5H2,1-2H3,(H2,11,12). The van der Waals surface area contributed by atoms with E-state index in [1.807, 2.05) is 0 Å². The van der Waals surface area contributed by atoms with E-state index in [1.165, 1.54) is 0 Å². The molecule has 78 valence electrons. The summed E-state index contributed by atoms with van der Waals surface area (Å²) >= 11 is 0. The zero-order valence-electron chi connectivity index (χ0n) is 8.62. The lowest BCUT2D eigenvalue weighted by Crippen LogP contribution is -2.01. The van der Waals surface area contributed by atoms with Crippen molar-refractivity contribution in [1.82, 2.24) is 4.98 Å². The molecule has 4 heteroatoms. The zero-order valence-corrected chi connectivity index (χ0v) is 8.62. The van der Waals surface area contributed by atoms with Gasteiger partial charge in [0.2, 0.25) is 0 Å². The molecule has 1 aliphatic rings. The van der Waals surface area contributed by atoms with Gasteiger partial charge in [-0.1, -0.05) is 13.8 Å². The molecule has 1 aromatic rings. The molecule has 1 aromatic heterocycles. The number of oxazole rings is 1. The molecule has 4 nitrogen and oxygen atoms in total. The molecule has 1 fully saturated rings. The number of hydrogen-bond acceptors (Lipinski definition) is 4. The molecule has 2 heterocycles. The summed E-state index contributed by atoms with van der Waals surface area (Å²) in [4.78, 5) is 4.20. The number of nitrogen functional groups attached to an aromatic ring is 1. The lowest BCUT2D eigenvalue weighted by molar-refractivity contribution is 0.107. The third-order valence-corrected chi connectivity index (χ3v) is 2.46. The molecule has 0 aromatic carbocycles. The molecule has 0 radical (unpaired) electrons. The second-order valence-corrected chi connectivity index (χ2v) is 3.96. The highest BCUT2D eigenvalue weighted by atomic mass is 16.5. The minimum atomic E-state index is 0.0912. The molecule has 0 aliphatic carbocycles. The molecular weight excluding hydrogens is 180 g/mol. The van der Waals surface area contributed by atoms with Crippen LogP contribution in [0, 0.1) is 0 Å².